The summed E-state index contributed by atoms with van der Waals surface area (Å²) in [5, 5.41) is 19.0. The van der Waals surface area contributed by atoms with Gasteiger partial charge in [0, 0.05) is 12.8 Å². The molecule has 0 heterocycles. The molecule has 0 amide bonds. The van der Waals surface area contributed by atoms with Crippen molar-refractivity contribution in [2.24, 2.45) is 5.73 Å². The molecule has 0 aromatic carbocycles. The fourth-order valence-corrected chi connectivity index (χ4v) is 6.85. The number of rotatable bonds is 43. The fraction of sp³-hybridized carbons (Fsp3) is 0.729. The molecule has 13 heteroatoms. The molecular formula is C48H84NO11P. The largest absolute Gasteiger partial charge is 0.480 e. The van der Waals surface area contributed by atoms with E-state index in [1.54, 1.807) is 12.2 Å². The third kappa shape index (κ3) is 42.2. The van der Waals surface area contributed by atoms with Crippen molar-refractivity contribution < 1.29 is 52.6 Å². The summed E-state index contributed by atoms with van der Waals surface area (Å²) < 4.78 is 32.6. The Labute approximate surface area is 369 Å². The molecule has 0 spiro atoms. The van der Waals surface area contributed by atoms with E-state index in [0.29, 0.717) is 25.7 Å². The zero-order valence-electron chi connectivity index (χ0n) is 37.9. The molecule has 0 aromatic heterocycles. The Bertz CT molecular complexity index is 1280. The number of unbranched alkanes of at least 4 members (excludes halogenated alkanes) is 19. The summed E-state index contributed by atoms with van der Waals surface area (Å²) >= 11 is 0. The molecule has 0 aromatic rings. The van der Waals surface area contributed by atoms with Crippen LogP contribution in [-0.4, -0.2) is 71.1 Å². The molecule has 12 nitrogen and oxygen atoms in total. The van der Waals surface area contributed by atoms with Gasteiger partial charge >= 0.3 is 25.7 Å². The maximum Gasteiger partial charge on any atom is 0.472 e. The molecule has 0 aliphatic rings. The van der Waals surface area contributed by atoms with Crippen LogP contribution in [0, 0.1) is 0 Å². The van der Waals surface area contributed by atoms with Gasteiger partial charge in [-0.3, -0.25) is 23.4 Å². The van der Waals surface area contributed by atoms with Gasteiger partial charge in [-0.2, -0.15) is 0 Å². The minimum Gasteiger partial charge on any atom is -0.480 e. The average Bonchev–Trinajstić information content (AvgIpc) is 3.23. The number of phosphoric ester groups is 1. The Morgan fingerprint density at radius 2 is 1.08 bits per heavy atom. The van der Waals surface area contributed by atoms with Crippen LogP contribution in [0.5, 0.6) is 0 Å². The Balaban J connectivity index is 4.48. The van der Waals surface area contributed by atoms with Crippen LogP contribution < -0.4 is 5.73 Å². The lowest BCUT2D eigenvalue weighted by Crippen LogP contribution is -2.34. The molecular weight excluding hydrogens is 797 g/mol. The zero-order chi connectivity index (χ0) is 45.1. The van der Waals surface area contributed by atoms with Crippen LogP contribution in [0.25, 0.3) is 0 Å². The number of aliphatic carboxylic acids is 1. The number of hydrogen-bond donors (Lipinski definition) is 4. The van der Waals surface area contributed by atoms with E-state index in [-0.39, 0.29) is 12.8 Å². The minimum absolute atomic E-state index is 0.0848. The van der Waals surface area contributed by atoms with Crippen molar-refractivity contribution >= 4 is 25.7 Å². The second kappa shape index (κ2) is 42.4. The van der Waals surface area contributed by atoms with Crippen molar-refractivity contribution in [1.82, 2.24) is 0 Å². The number of ether oxygens (including phenoxy) is 2. The van der Waals surface area contributed by atoms with Crippen molar-refractivity contribution in [3.63, 3.8) is 0 Å². The predicted octanol–water partition coefficient (Wildman–Crippen LogP) is 11.7. The number of carbonyl (C=O) groups is 3. The molecule has 0 radical (unpaired) electrons. The first-order valence-corrected chi connectivity index (χ1v) is 24.9. The number of allylic oxidation sites excluding steroid dienone is 8. The molecule has 0 rings (SSSR count). The molecule has 0 fully saturated rings. The van der Waals surface area contributed by atoms with Crippen LogP contribution in [0.15, 0.2) is 60.8 Å². The Morgan fingerprint density at radius 1 is 0.590 bits per heavy atom. The lowest BCUT2D eigenvalue weighted by atomic mass is 10.1. The number of carboxylic acids is 1. The number of nitrogens with two attached hydrogens (primary N) is 1. The van der Waals surface area contributed by atoms with Crippen LogP contribution in [0.3, 0.4) is 0 Å². The summed E-state index contributed by atoms with van der Waals surface area (Å²) in [7, 11) is -4.75. The third-order valence-corrected chi connectivity index (χ3v) is 10.8. The lowest BCUT2D eigenvalue weighted by molar-refractivity contribution is -0.161. The van der Waals surface area contributed by atoms with E-state index in [9.17, 15) is 28.9 Å². The van der Waals surface area contributed by atoms with E-state index in [2.05, 4.69) is 42.7 Å². The van der Waals surface area contributed by atoms with E-state index < -0.39 is 63.8 Å². The van der Waals surface area contributed by atoms with Gasteiger partial charge in [0.05, 0.1) is 19.3 Å². The van der Waals surface area contributed by atoms with Gasteiger partial charge in [-0.05, 0) is 70.6 Å². The SMILES string of the molecule is CCCCC/C=C\C/C=C\CC(O)/C=C\C=C\CCCC(=O)OC[C@H](COP(=O)(O)OC[C@H](N)C(=O)O)OC(=O)CCCCCCCCCCC/C=C\CCCCCCCC. The Kier molecular flexibility index (Phi) is 40.5. The molecule has 0 saturated heterocycles. The molecule has 0 bridgehead atoms. The maximum absolute atomic E-state index is 12.7. The van der Waals surface area contributed by atoms with Crippen LogP contribution in [0.4, 0.5) is 0 Å². The van der Waals surface area contributed by atoms with Gasteiger partial charge in [-0.15, -0.1) is 0 Å². The number of aliphatic hydroxyl groups is 1. The maximum atomic E-state index is 12.7. The van der Waals surface area contributed by atoms with Crippen LogP contribution in [0.1, 0.15) is 187 Å². The van der Waals surface area contributed by atoms with Gasteiger partial charge in [-0.25, -0.2) is 4.57 Å². The summed E-state index contributed by atoms with van der Waals surface area (Å²) in [6.07, 6.45) is 46.0. The molecule has 4 atom stereocenters. The first-order valence-electron chi connectivity index (χ1n) is 23.4. The van der Waals surface area contributed by atoms with Gasteiger partial charge in [0.2, 0.25) is 0 Å². The highest BCUT2D eigenvalue weighted by atomic mass is 31.2. The first kappa shape index (κ1) is 58.1. The molecule has 0 aliphatic heterocycles. The summed E-state index contributed by atoms with van der Waals surface area (Å²) in [5.41, 5.74) is 5.33. The number of hydrogen-bond acceptors (Lipinski definition) is 10. The Morgan fingerprint density at radius 3 is 1.70 bits per heavy atom. The van der Waals surface area contributed by atoms with Gasteiger partial charge < -0.3 is 30.3 Å². The number of phosphoric acid groups is 1. The van der Waals surface area contributed by atoms with E-state index in [1.165, 1.54) is 89.9 Å². The monoisotopic (exact) mass is 882 g/mol. The molecule has 0 aliphatic carbocycles. The van der Waals surface area contributed by atoms with Crippen molar-refractivity contribution in [2.45, 2.75) is 205 Å². The Hall–Kier alpha value is -2.86. The van der Waals surface area contributed by atoms with Crippen LogP contribution in [-0.2, 0) is 37.5 Å². The van der Waals surface area contributed by atoms with Crippen molar-refractivity contribution in [2.75, 3.05) is 19.8 Å². The average molecular weight is 882 g/mol. The van der Waals surface area contributed by atoms with Crippen molar-refractivity contribution in [3.05, 3.63) is 60.8 Å². The summed E-state index contributed by atoms with van der Waals surface area (Å²) in [4.78, 5) is 46.0. The minimum atomic E-state index is -4.75. The smallest absolute Gasteiger partial charge is 0.472 e. The second-order valence-electron chi connectivity index (χ2n) is 15.7. The van der Waals surface area contributed by atoms with Gasteiger partial charge in [0.25, 0.3) is 0 Å². The van der Waals surface area contributed by atoms with Crippen LogP contribution in [0.2, 0.25) is 0 Å². The van der Waals surface area contributed by atoms with E-state index in [4.69, 9.17) is 24.8 Å². The van der Waals surface area contributed by atoms with Crippen molar-refractivity contribution in [3.8, 4) is 0 Å². The number of esters is 2. The standard InChI is InChI=1S/C48H84NO11P/c1-3-5-7-9-11-13-14-15-16-17-18-19-20-21-22-24-26-30-35-39-47(52)60-44(41-58-61(55,56)59-42-45(49)48(53)54)40-57-46(51)38-34-31-27-29-33-37-43(50)36-32-28-25-23-12-10-8-6-4-2/h12,15-16,23,27-29,32-33,37,43-45,50H,3-11,13-14,17-22,24-26,30-31,34-36,38-42,49H2,1-2H3,(H,53,54)(H,55,56)/b16-15-,23-12-,29-27+,32-28-,37-33-/t43?,44-,45+/m1/s1. The van der Waals surface area contributed by atoms with E-state index in [1.807, 2.05) is 24.3 Å². The van der Waals surface area contributed by atoms with Gasteiger partial charge in [0.15, 0.2) is 6.10 Å². The highest BCUT2D eigenvalue weighted by molar-refractivity contribution is 7.47. The third-order valence-electron chi connectivity index (χ3n) is 9.82. The summed E-state index contributed by atoms with van der Waals surface area (Å²) in [6.45, 7) is 2.63. The molecule has 2 unspecified atom stereocenters. The second-order valence-corrected chi connectivity index (χ2v) is 17.2. The van der Waals surface area contributed by atoms with E-state index >= 15 is 0 Å². The number of carboxylic acid groups (broad SMARTS) is 1. The highest BCUT2D eigenvalue weighted by Gasteiger charge is 2.28. The highest BCUT2D eigenvalue weighted by Crippen LogP contribution is 2.43. The molecule has 5 N–H and O–H groups in total. The fourth-order valence-electron chi connectivity index (χ4n) is 6.07. The number of aliphatic hydroxyl groups excluding tert-OH is 1. The van der Waals surface area contributed by atoms with Gasteiger partial charge in [0.1, 0.15) is 12.6 Å². The summed E-state index contributed by atoms with van der Waals surface area (Å²) in [5.74, 6) is -2.53. The van der Waals surface area contributed by atoms with Crippen molar-refractivity contribution in [1.29, 1.82) is 0 Å². The van der Waals surface area contributed by atoms with E-state index in [0.717, 1.165) is 44.9 Å². The zero-order valence-corrected chi connectivity index (χ0v) is 38.7. The predicted molar refractivity (Wildman–Crippen MR) is 246 cm³/mol. The van der Waals surface area contributed by atoms with Crippen LogP contribution >= 0.6 is 7.82 Å². The molecule has 352 valence electrons. The number of carbonyl (C=O) groups excluding carboxylic acids is 2. The topological polar surface area (TPSA) is 192 Å². The lowest BCUT2D eigenvalue weighted by Gasteiger charge is -2.20. The molecule has 61 heavy (non-hydrogen) atoms. The molecule has 0 saturated carbocycles. The normalized spacial score (nSPS) is 14.7. The van der Waals surface area contributed by atoms with Gasteiger partial charge in [-0.1, -0.05) is 164 Å². The first-order chi connectivity index (χ1) is 29.5. The quantitative estimate of drug-likeness (QED) is 0.0149. The summed E-state index contributed by atoms with van der Waals surface area (Å²) in [6, 6.07) is -1.54.